The Morgan fingerprint density at radius 2 is 2.00 bits per heavy atom. The molecule has 1 rings (SSSR count). The van der Waals surface area contributed by atoms with E-state index in [0.29, 0.717) is 0 Å². The van der Waals surface area contributed by atoms with Crippen LogP contribution in [-0.2, 0) is 4.79 Å². The number of nitrogens with one attached hydrogen (secondary N) is 1. The summed E-state index contributed by atoms with van der Waals surface area (Å²) in [5.41, 5.74) is 5.99. The van der Waals surface area contributed by atoms with Crippen molar-refractivity contribution >= 4 is 11.6 Å². The van der Waals surface area contributed by atoms with Crippen molar-refractivity contribution in [2.24, 2.45) is 11.7 Å². The van der Waals surface area contributed by atoms with E-state index in [-0.39, 0.29) is 35.7 Å². The second-order valence-electron chi connectivity index (χ2n) is 4.53. The molecule has 0 bridgehead atoms. The molecule has 106 valence electrons. The van der Waals surface area contributed by atoms with E-state index >= 15 is 0 Å². The molecule has 1 amide bonds. The highest BCUT2D eigenvalue weighted by atomic mass is 19.3. The lowest BCUT2D eigenvalue weighted by Gasteiger charge is -2.16. The van der Waals surface area contributed by atoms with Gasteiger partial charge in [-0.3, -0.25) is 4.79 Å². The zero-order chi connectivity index (χ0) is 14.4. The van der Waals surface area contributed by atoms with E-state index in [0.717, 1.165) is 0 Å². The number of hydrogen-bond donors (Lipinski definition) is 2. The molecule has 19 heavy (non-hydrogen) atoms. The summed E-state index contributed by atoms with van der Waals surface area (Å²) in [7, 11) is 0. The molecule has 0 aliphatic rings. The van der Waals surface area contributed by atoms with E-state index in [2.05, 4.69) is 10.1 Å². The van der Waals surface area contributed by atoms with Gasteiger partial charge < -0.3 is 15.8 Å². The van der Waals surface area contributed by atoms with Crippen LogP contribution in [0.15, 0.2) is 24.3 Å². The molecule has 6 heteroatoms. The van der Waals surface area contributed by atoms with Gasteiger partial charge in [-0.25, -0.2) is 0 Å². The summed E-state index contributed by atoms with van der Waals surface area (Å²) >= 11 is 0. The summed E-state index contributed by atoms with van der Waals surface area (Å²) in [6.07, 6.45) is 0.126. The van der Waals surface area contributed by atoms with E-state index in [9.17, 15) is 13.6 Å². The number of carbonyl (C=O) groups is 1. The fraction of sp³-hybridized carbons (Fsp3) is 0.462. The van der Waals surface area contributed by atoms with Gasteiger partial charge in [-0.05, 0) is 18.1 Å². The lowest BCUT2D eigenvalue weighted by Crippen LogP contribution is -2.31. The molecule has 0 spiro atoms. The predicted molar refractivity (Wildman–Crippen MR) is 69.1 cm³/mol. The van der Waals surface area contributed by atoms with Gasteiger partial charge in [0.1, 0.15) is 5.75 Å². The number of anilines is 1. The topological polar surface area (TPSA) is 64.4 Å². The molecule has 0 radical (unpaired) electrons. The number of halogens is 2. The standard InChI is InChI=1S/C13H18F2N2O2/c1-8(2)9(16)7-12(18)17-10-5-3-4-6-11(10)19-13(14)15/h3-6,8-9,13H,7,16H2,1-2H3,(H,17,18). The molecular weight excluding hydrogens is 254 g/mol. The third-order valence-corrected chi connectivity index (χ3v) is 2.65. The zero-order valence-electron chi connectivity index (χ0n) is 10.9. The van der Waals surface area contributed by atoms with Crippen LogP contribution in [0.25, 0.3) is 0 Å². The predicted octanol–water partition coefficient (Wildman–Crippen LogP) is 2.60. The minimum absolute atomic E-state index is 0.0658. The van der Waals surface area contributed by atoms with Gasteiger partial charge in [-0.15, -0.1) is 0 Å². The van der Waals surface area contributed by atoms with Gasteiger partial charge in [-0.2, -0.15) is 8.78 Å². The maximum absolute atomic E-state index is 12.2. The molecule has 1 atom stereocenters. The van der Waals surface area contributed by atoms with Crippen molar-refractivity contribution in [3.63, 3.8) is 0 Å². The van der Waals surface area contributed by atoms with Crippen LogP contribution in [0, 0.1) is 5.92 Å². The van der Waals surface area contributed by atoms with Crippen LogP contribution >= 0.6 is 0 Å². The summed E-state index contributed by atoms with van der Waals surface area (Å²) in [6.45, 7) is 0.883. The van der Waals surface area contributed by atoms with Crippen LogP contribution in [-0.4, -0.2) is 18.6 Å². The maximum atomic E-state index is 12.2. The molecule has 0 saturated heterocycles. The molecule has 0 aromatic heterocycles. The van der Waals surface area contributed by atoms with Crippen LogP contribution < -0.4 is 15.8 Å². The van der Waals surface area contributed by atoms with Gasteiger partial charge in [0.2, 0.25) is 5.91 Å². The van der Waals surface area contributed by atoms with E-state index in [4.69, 9.17) is 5.73 Å². The highest BCUT2D eigenvalue weighted by Gasteiger charge is 2.15. The van der Waals surface area contributed by atoms with Crippen molar-refractivity contribution in [2.75, 3.05) is 5.32 Å². The fourth-order valence-corrected chi connectivity index (χ4v) is 1.42. The third-order valence-electron chi connectivity index (χ3n) is 2.65. The minimum Gasteiger partial charge on any atom is -0.433 e. The Morgan fingerprint density at radius 3 is 2.58 bits per heavy atom. The Morgan fingerprint density at radius 1 is 1.37 bits per heavy atom. The molecule has 0 heterocycles. The lowest BCUT2D eigenvalue weighted by atomic mass is 10.0. The highest BCUT2D eigenvalue weighted by molar-refractivity contribution is 5.92. The van der Waals surface area contributed by atoms with E-state index < -0.39 is 6.61 Å². The average Bonchev–Trinajstić information content (AvgIpc) is 2.30. The smallest absolute Gasteiger partial charge is 0.387 e. The van der Waals surface area contributed by atoms with Crippen LogP contribution in [0.2, 0.25) is 0 Å². The highest BCUT2D eigenvalue weighted by Crippen LogP contribution is 2.25. The number of rotatable bonds is 6. The number of para-hydroxylation sites is 2. The fourth-order valence-electron chi connectivity index (χ4n) is 1.42. The van der Waals surface area contributed by atoms with E-state index in [1.807, 2.05) is 13.8 Å². The molecule has 0 fully saturated rings. The number of ether oxygens (including phenoxy) is 1. The summed E-state index contributed by atoms with van der Waals surface area (Å²) in [5, 5.41) is 2.52. The first-order chi connectivity index (χ1) is 8.90. The number of benzene rings is 1. The number of alkyl halides is 2. The molecule has 1 aromatic rings. The Bertz CT molecular complexity index is 425. The lowest BCUT2D eigenvalue weighted by molar-refractivity contribution is -0.116. The van der Waals surface area contributed by atoms with E-state index in [1.54, 1.807) is 12.1 Å². The van der Waals surface area contributed by atoms with Crippen LogP contribution in [0.5, 0.6) is 5.75 Å². The Kier molecular flexibility index (Phi) is 5.69. The van der Waals surface area contributed by atoms with Crippen molar-refractivity contribution in [3.05, 3.63) is 24.3 Å². The van der Waals surface area contributed by atoms with Crippen molar-refractivity contribution in [1.29, 1.82) is 0 Å². The average molecular weight is 272 g/mol. The SMILES string of the molecule is CC(C)C(N)CC(=O)Nc1ccccc1OC(F)F. The summed E-state index contributed by atoms with van der Waals surface area (Å²) < 4.78 is 28.7. The second kappa shape index (κ2) is 7.04. The maximum Gasteiger partial charge on any atom is 0.387 e. The molecular formula is C13H18F2N2O2. The quantitative estimate of drug-likeness (QED) is 0.836. The Balaban J connectivity index is 2.68. The van der Waals surface area contributed by atoms with Gasteiger partial charge in [0.05, 0.1) is 5.69 Å². The molecule has 0 aliphatic carbocycles. The van der Waals surface area contributed by atoms with Gasteiger partial charge in [-0.1, -0.05) is 26.0 Å². The first kappa shape index (κ1) is 15.4. The second-order valence-corrected chi connectivity index (χ2v) is 4.53. The summed E-state index contributed by atoms with van der Waals surface area (Å²) in [6, 6.07) is 5.76. The first-order valence-electron chi connectivity index (χ1n) is 5.99. The molecule has 1 aromatic carbocycles. The van der Waals surface area contributed by atoms with Crippen molar-refractivity contribution in [1.82, 2.24) is 0 Å². The summed E-state index contributed by atoms with van der Waals surface area (Å²) in [5.74, 6) is -0.228. The molecule has 3 N–H and O–H groups in total. The van der Waals surface area contributed by atoms with Gasteiger partial charge in [0.15, 0.2) is 0 Å². The first-order valence-corrected chi connectivity index (χ1v) is 5.99. The largest absolute Gasteiger partial charge is 0.433 e. The minimum atomic E-state index is -2.93. The molecule has 1 unspecified atom stereocenters. The Hall–Kier alpha value is -1.69. The van der Waals surface area contributed by atoms with Gasteiger partial charge in [0.25, 0.3) is 0 Å². The molecule has 4 nitrogen and oxygen atoms in total. The normalized spacial score (nSPS) is 12.6. The van der Waals surface area contributed by atoms with Gasteiger partial charge in [0, 0.05) is 12.5 Å². The zero-order valence-corrected chi connectivity index (χ0v) is 10.9. The third kappa shape index (κ3) is 5.21. The number of amides is 1. The monoisotopic (exact) mass is 272 g/mol. The molecule has 0 saturated carbocycles. The van der Waals surface area contributed by atoms with Crippen LogP contribution in [0.4, 0.5) is 14.5 Å². The van der Waals surface area contributed by atoms with Gasteiger partial charge >= 0.3 is 6.61 Å². The molecule has 0 aliphatic heterocycles. The van der Waals surface area contributed by atoms with Crippen LogP contribution in [0.3, 0.4) is 0 Å². The van der Waals surface area contributed by atoms with Crippen molar-refractivity contribution in [2.45, 2.75) is 32.9 Å². The summed E-state index contributed by atoms with van der Waals surface area (Å²) in [4.78, 5) is 11.7. The van der Waals surface area contributed by atoms with Crippen molar-refractivity contribution < 1.29 is 18.3 Å². The number of nitrogens with two attached hydrogens (primary N) is 1. The number of hydrogen-bond acceptors (Lipinski definition) is 3. The Labute approximate surface area is 110 Å². The van der Waals surface area contributed by atoms with E-state index in [1.165, 1.54) is 12.1 Å². The van der Waals surface area contributed by atoms with Crippen LogP contribution in [0.1, 0.15) is 20.3 Å². The number of carbonyl (C=O) groups excluding carboxylic acids is 1. The van der Waals surface area contributed by atoms with Crippen molar-refractivity contribution in [3.8, 4) is 5.75 Å².